The Morgan fingerprint density at radius 1 is 1.50 bits per heavy atom. The Balaban J connectivity index is 2.66. The standard InChI is InChI=1S/C12H22N2O4/c1-4-9(11(16)17)13(3)12(18)14-6-5-10(15)8(2)7-14/h8-10,15H,4-7H2,1-3H3,(H,16,17). The van der Waals surface area contributed by atoms with Gasteiger partial charge in [-0.1, -0.05) is 13.8 Å². The topological polar surface area (TPSA) is 81.1 Å². The number of hydrogen-bond acceptors (Lipinski definition) is 3. The fraction of sp³-hybridized carbons (Fsp3) is 0.833. The minimum Gasteiger partial charge on any atom is -0.480 e. The molecule has 0 saturated carbocycles. The van der Waals surface area contributed by atoms with E-state index in [1.807, 2.05) is 6.92 Å². The lowest BCUT2D eigenvalue weighted by atomic mass is 9.97. The molecule has 0 aromatic carbocycles. The van der Waals surface area contributed by atoms with Crippen LogP contribution in [-0.2, 0) is 4.79 Å². The largest absolute Gasteiger partial charge is 0.480 e. The maximum atomic E-state index is 12.2. The smallest absolute Gasteiger partial charge is 0.326 e. The number of rotatable bonds is 3. The van der Waals surface area contributed by atoms with Crippen LogP contribution < -0.4 is 0 Å². The third kappa shape index (κ3) is 3.13. The summed E-state index contributed by atoms with van der Waals surface area (Å²) in [5.74, 6) is -0.959. The number of likely N-dealkylation sites (N-methyl/N-ethyl adjacent to an activating group) is 1. The number of carbonyl (C=O) groups excluding carboxylic acids is 1. The molecule has 6 heteroatoms. The minimum atomic E-state index is -0.988. The van der Waals surface area contributed by atoms with Gasteiger partial charge in [-0.3, -0.25) is 0 Å². The van der Waals surface area contributed by atoms with E-state index in [1.54, 1.807) is 11.8 Å². The zero-order valence-electron chi connectivity index (χ0n) is 11.2. The van der Waals surface area contributed by atoms with E-state index in [1.165, 1.54) is 11.9 Å². The molecule has 18 heavy (non-hydrogen) atoms. The molecule has 0 bridgehead atoms. The molecule has 0 spiro atoms. The van der Waals surface area contributed by atoms with Crippen LogP contribution in [0, 0.1) is 5.92 Å². The van der Waals surface area contributed by atoms with Crippen LogP contribution in [0.1, 0.15) is 26.7 Å². The van der Waals surface area contributed by atoms with Gasteiger partial charge in [0.2, 0.25) is 0 Å². The molecule has 6 nitrogen and oxygen atoms in total. The number of piperidine rings is 1. The number of aliphatic hydroxyl groups excluding tert-OH is 1. The summed E-state index contributed by atoms with van der Waals surface area (Å²) in [5.41, 5.74) is 0. The van der Waals surface area contributed by atoms with Gasteiger partial charge in [-0.15, -0.1) is 0 Å². The molecule has 1 saturated heterocycles. The van der Waals surface area contributed by atoms with E-state index in [4.69, 9.17) is 5.11 Å². The lowest BCUT2D eigenvalue weighted by molar-refractivity contribution is -0.142. The van der Waals surface area contributed by atoms with E-state index >= 15 is 0 Å². The predicted molar refractivity (Wildman–Crippen MR) is 66.2 cm³/mol. The lowest BCUT2D eigenvalue weighted by Gasteiger charge is -2.37. The van der Waals surface area contributed by atoms with Crippen LogP contribution in [-0.4, -0.2) is 64.3 Å². The van der Waals surface area contributed by atoms with Crippen molar-refractivity contribution in [2.24, 2.45) is 5.92 Å². The zero-order chi connectivity index (χ0) is 13.9. The normalized spacial score (nSPS) is 25.7. The number of carbonyl (C=O) groups is 2. The van der Waals surface area contributed by atoms with E-state index in [0.717, 1.165) is 0 Å². The molecule has 3 atom stereocenters. The van der Waals surface area contributed by atoms with Gasteiger partial charge in [0.05, 0.1) is 6.10 Å². The molecule has 3 unspecified atom stereocenters. The molecule has 1 aliphatic rings. The molecular weight excluding hydrogens is 236 g/mol. The fourth-order valence-corrected chi connectivity index (χ4v) is 2.28. The van der Waals surface area contributed by atoms with Gasteiger partial charge in [-0.25, -0.2) is 9.59 Å². The summed E-state index contributed by atoms with van der Waals surface area (Å²) in [6.07, 6.45) is 0.551. The monoisotopic (exact) mass is 258 g/mol. The SMILES string of the molecule is CCC(C(=O)O)N(C)C(=O)N1CCC(O)C(C)C1. The van der Waals surface area contributed by atoms with Gasteiger partial charge in [0, 0.05) is 20.1 Å². The first-order valence-corrected chi connectivity index (χ1v) is 6.31. The van der Waals surface area contributed by atoms with Crippen molar-refractivity contribution in [1.29, 1.82) is 0 Å². The summed E-state index contributed by atoms with van der Waals surface area (Å²) < 4.78 is 0. The molecular formula is C12H22N2O4. The van der Waals surface area contributed by atoms with Crippen LogP contribution in [0.3, 0.4) is 0 Å². The molecule has 2 amide bonds. The number of aliphatic carboxylic acids is 1. The third-order valence-corrected chi connectivity index (χ3v) is 3.57. The van der Waals surface area contributed by atoms with E-state index < -0.39 is 12.0 Å². The summed E-state index contributed by atoms with van der Waals surface area (Å²) in [6, 6.07) is -1.07. The highest BCUT2D eigenvalue weighted by Gasteiger charge is 2.32. The average Bonchev–Trinajstić information content (AvgIpc) is 2.32. The Morgan fingerprint density at radius 3 is 2.56 bits per heavy atom. The number of carboxylic acid groups (broad SMARTS) is 1. The third-order valence-electron chi connectivity index (χ3n) is 3.57. The van der Waals surface area contributed by atoms with Crippen LogP contribution in [0.2, 0.25) is 0 Å². The summed E-state index contributed by atoms with van der Waals surface area (Å²) in [7, 11) is 1.51. The molecule has 0 aliphatic carbocycles. The maximum Gasteiger partial charge on any atom is 0.326 e. The van der Waals surface area contributed by atoms with Crippen LogP contribution >= 0.6 is 0 Å². The van der Waals surface area contributed by atoms with Crippen molar-refractivity contribution in [3.63, 3.8) is 0 Å². The van der Waals surface area contributed by atoms with Crippen LogP contribution in [0.15, 0.2) is 0 Å². The molecule has 1 fully saturated rings. The summed E-state index contributed by atoms with van der Waals surface area (Å²) >= 11 is 0. The van der Waals surface area contributed by atoms with Gasteiger partial charge in [0.25, 0.3) is 0 Å². The molecule has 104 valence electrons. The molecule has 0 radical (unpaired) electrons. The Bertz CT molecular complexity index is 321. The first-order valence-electron chi connectivity index (χ1n) is 6.31. The van der Waals surface area contributed by atoms with Crippen molar-refractivity contribution in [3.05, 3.63) is 0 Å². The van der Waals surface area contributed by atoms with E-state index in [-0.39, 0.29) is 18.1 Å². The Labute approximate surface area is 107 Å². The molecule has 2 N–H and O–H groups in total. The summed E-state index contributed by atoms with van der Waals surface area (Å²) in [6.45, 7) is 4.58. The highest BCUT2D eigenvalue weighted by molar-refractivity contribution is 5.82. The molecule has 0 aromatic heterocycles. The van der Waals surface area contributed by atoms with Crippen LogP contribution in [0.25, 0.3) is 0 Å². The second-order valence-corrected chi connectivity index (χ2v) is 4.94. The lowest BCUT2D eigenvalue weighted by Crippen LogP contribution is -2.53. The maximum absolute atomic E-state index is 12.2. The van der Waals surface area contributed by atoms with Crippen molar-refractivity contribution in [1.82, 2.24) is 9.80 Å². The van der Waals surface area contributed by atoms with Crippen molar-refractivity contribution in [2.75, 3.05) is 20.1 Å². The number of urea groups is 1. The highest BCUT2D eigenvalue weighted by atomic mass is 16.4. The van der Waals surface area contributed by atoms with Gasteiger partial charge in [0.15, 0.2) is 0 Å². The fourth-order valence-electron chi connectivity index (χ4n) is 2.28. The van der Waals surface area contributed by atoms with Crippen molar-refractivity contribution < 1.29 is 19.8 Å². The van der Waals surface area contributed by atoms with E-state index in [2.05, 4.69) is 0 Å². The Kier molecular flexibility index (Phi) is 4.95. The number of amides is 2. The second kappa shape index (κ2) is 6.04. The van der Waals surface area contributed by atoms with E-state index in [9.17, 15) is 14.7 Å². The first kappa shape index (κ1) is 14.8. The van der Waals surface area contributed by atoms with Gasteiger partial charge < -0.3 is 20.0 Å². The quantitative estimate of drug-likeness (QED) is 0.777. The number of nitrogens with zero attached hydrogens (tertiary/aromatic N) is 2. The zero-order valence-corrected chi connectivity index (χ0v) is 11.2. The highest BCUT2D eigenvalue weighted by Crippen LogP contribution is 2.18. The number of carboxylic acids is 1. The molecule has 1 heterocycles. The predicted octanol–water partition coefficient (Wildman–Crippen LogP) is 0.604. The average molecular weight is 258 g/mol. The van der Waals surface area contributed by atoms with Crippen molar-refractivity contribution in [3.8, 4) is 0 Å². The van der Waals surface area contributed by atoms with Crippen molar-refractivity contribution >= 4 is 12.0 Å². The van der Waals surface area contributed by atoms with Crippen molar-refractivity contribution in [2.45, 2.75) is 38.8 Å². The number of hydrogen-bond donors (Lipinski definition) is 2. The van der Waals surface area contributed by atoms with E-state index in [0.29, 0.717) is 25.9 Å². The Hall–Kier alpha value is -1.30. The van der Waals surface area contributed by atoms with Crippen LogP contribution in [0.4, 0.5) is 4.79 Å². The van der Waals surface area contributed by atoms with Gasteiger partial charge in [0.1, 0.15) is 6.04 Å². The summed E-state index contributed by atoms with van der Waals surface area (Å²) in [4.78, 5) is 26.1. The molecule has 1 rings (SSSR count). The Morgan fingerprint density at radius 2 is 2.11 bits per heavy atom. The second-order valence-electron chi connectivity index (χ2n) is 4.94. The van der Waals surface area contributed by atoms with Crippen LogP contribution in [0.5, 0.6) is 0 Å². The van der Waals surface area contributed by atoms with Gasteiger partial charge in [-0.05, 0) is 18.8 Å². The minimum absolute atomic E-state index is 0.0287. The summed E-state index contributed by atoms with van der Waals surface area (Å²) in [5, 5.41) is 18.6. The number of aliphatic hydroxyl groups is 1. The van der Waals surface area contributed by atoms with Gasteiger partial charge in [-0.2, -0.15) is 0 Å². The molecule has 0 aromatic rings. The number of likely N-dealkylation sites (tertiary alicyclic amines) is 1. The van der Waals surface area contributed by atoms with Gasteiger partial charge >= 0.3 is 12.0 Å². The molecule has 1 aliphatic heterocycles. The first-order chi connectivity index (χ1) is 8.38.